The predicted octanol–water partition coefficient (Wildman–Crippen LogP) is 11.9. The Kier molecular flexibility index (Phi) is 7.27. The zero-order chi connectivity index (χ0) is 30.6. The van der Waals surface area contributed by atoms with Gasteiger partial charge in [0.2, 0.25) is 0 Å². The molecule has 0 saturated heterocycles. The highest BCUT2D eigenvalue weighted by molar-refractivity contribution is 6.09. The zero-order valence-corrected chi connectivity index (χ0v) is 27.5. The van der Waals surface area contributed by atoms with Gasteiger partial charge in [0.15, 0.2) is 0 Å². The molecule has 4 aromatic carbocycles. The molecule has 9 rings (SSSR count). The Bertz CT molecular complexity index is 1770. The molecule has 45 heavy (non-hydrogen) atoms. The summed E-state index contributed by atoms with van der Waals surface area (Å²) in [6, 6.07) is 33.8. The number of unbranched alkanes of at least 4 members (excludes halogenated alkanes) is 2. The number of benzene rings is 4. The van der Waals surface area contributed by atoms with Crippen LogP contribution in [0.25, 0.3) is 33.6 Å². The van der Waals surface area contributed by atoms with Crippen molar-refractivity contribution in [3.63, 3.8) is 0 Å². The van der Waals surface area contributed by atoms with Crippen LogP contribution in [-0.4, -0.2) is 4.57 Å². The molecule has 0 amide bonds. The van der Waals surface area contributed by atoms with Gasteiger partial charge < -0.3 is 4.57 Å². The Labute approximate surface area is 270 Å². The van der Waals surface area contributed by atoms with E-state index < -0.39 is 0 Å². The van der Waals surface area contributed by atoms with Gasteiger partial charge in [-0.3, -0.25) is 0 Å². The van der Waals surface area contributed by atoms with E-state index in [4.69, 9.17) is 0 Å². The fraction of sp³-hybridized carbons (Fsp3) is 0.409. The Balaban J connectivity index is 1.18. The quantitative estimate of drug-likeness (QED) is 0.152. The van der Waals surface area contributed by atoms with Crippen molar-refractivity contribution in [2.45, 2.75) is 102 Å². The van der Waals surface area contributed by atoms with E-state index in [1.165, 1.54) is 108 Å². The van der Waals surface area contributed by atoms with E-state index in [1.54, 1.807) is 11.1 Å². The smallest absolute Gasteiger partial charge is 0.0541 e. The first kappa shape index (κ1) is 28.9. The summed E-state index contributed by atoms with van der Waals surface area (Å²) < 4.78 is 2.53. The maximum absolute atomic E-state index is 3.99. The molecule has 0 aliphatic heterocycles. The third kappa shape index (κ3) is 4.89. The van der Waals surface area contributed by atoms with Crippen molar-refractivity contribution in [1.82, 2.24) is 4.57 Å². The summed E-state index contributed by atoms with van der Waals surface area (Å²) in [7, 11) is 0. The van der Waals surface area contributed by atoms with Gasteiger partial charge in [-0.25, -0.2) is 0 Å². The summed E-state index contributed by atoms with van der Waals surface area (Å²) >= 11 is 0. The van der Waals surface area contributed by atoms with Gasteiger partial charge in [0.1, 0.15) is 0 Å². The van der Waals surface area contributed by atoms with Crippen LogP contribution in [0.2, 0.25) is 0 Å². The highest BCUT2D eigenvalue weighted by Gasteiger charge is 2.58. The van der Waals surface area contributed by atoms with Crippen molar-refractivity contribution in [1.29, 1.82) is 0 Å². The van der Waals surface area contributed by atoms with Crippen LogP contribution >= 0.6 is 0 Å². The lowest BCUT2D eigenvalue weighted by Crippen LogP contribution is -2.55. The Hall–Kier alpha value is -3.58. The topological polar surface area (TPSA) is 4.93 Å². The molecule has 2 atom stereocenters. The molecule has 1 aromatic heterocycles. The fourth-order valence-corrected chi connectivity index (χ4v) is 10.3. The average Bonchev–Trinajstić information content (AvgIpc) is 3.39. The molecular weight excluding hydrogens is 542 g/mol. The molecule has 1 heterocycles. The van der Waals surface area contributed by atoms with Gasteiger partial charge >= 0.3 is 0 Å². The van der Waals surface area contributed by atoms with Crippen LogP contribution in [0.15, 0.2) is 91.5 Å². The number of nitrogens with zero attached hydrogens (tertiary/aromatic N) is 1. The number of aryl methyl sites for hydroxylation is 2. The predicted molar refractivity (Wildman–Crippen MR) is 193 cm³/mol. The van der Waals surface area contributed by atoms with Gasteiger partial charge in [-0.15, -0.1) is 0 Å². The molecule has 4 bridgehead atoms. The van der Waals surface area contributed by atoms with E-state index in [9.17, 15) is 0 Å². The lowest BCUT2D eigenvalue weighted by Gasteiger charge is -2.63. The molecule has 0 N–H and O–H groups in total. The summed E-state index contributed by atoms with van der Waals surface area (Å²) in [6.45, 7) is 8.57. The summed E-state index contributed by atoms with van der Waals surface area (Å²) in [4.78, 5) is 0. The zero-order valence-electron chi connectivity index (χ0n) is 27.5. The minimum atomic E-state index is 0.308. The first-order valence-corrected chi connectivity index (χ1v) is 17.9. The molecule has 0 spiro atoms. The molecule has 4 saturated carbocycles. The van der Waals surface area contributed by atoms with E-state index in [0.717, 1.165) is 24.7 Å². The van der Waals surface area contributed by atoms with E-state index >= 15 is 0 Å². The Morgan fingerprint density at radius 3 is 1.62 bits per heavy atom. The van der Waals surface area contributed by atoms with Crippen LogP contribution in [0.5, 0.6) is 0 Å². The minimum absolute atomic E-state index is 0.308. The summed E-state index contributed by atoms with van der Waals surface area (Å²) in [6.07, 6.45) is 17.5. The summed E-state index contributed by atoms with van der Waals surface area (Å²) in [5.41, 5.74) is 11.9. The van der Waals surface area contributed by atoms with Crippen LogP contribution in [0.1, 0.15) is 106 Å². The van der Waals surface area contributed by atoms with Crippen LogP contribution in [0.3, 0.4) is 0 Å². The van der Waals surface area contributed by atoms with E-state index in [2.05, 4.69) is 110 Å². The second-order valence-electron chi connectivity index (χ2n) is 15.1. The molecule has 0 radical (unpaired) electrons. The van der Waals surface area contributed by atoms with E-state index in [0.29, 0.717) is 10.8 Å². The van der Waals surface area contributed by atoms with Crippen molar-refractivity contribution in [3.05, 3.63) is 119 Å². The molecule has 4 fully saturated rings. The highest BCUT2D eigenvalue weighted by atomic mass is 15.0. The first-order chi connectivity index (χ1) is 22.0. The molecule has 4 aliphatic carbocycles. The Morgan fingerprint density at radius 1 is 0.667 bits per heavy atom. The van der Waals surface area contributed by atoms with Gasteiger partial charge in [0, 0.05) is 16.5 Å². The van der Waals surface area contributed by atoms with Crippen LogP contribution < -0.4 is 0 Å². The molecule has 4 aliphatic rings. The molecular formula is C44H49N. The number of hydrogen-bond acceptors (Lipinski definition) is 0. The van der Waals surface area contributed by atoms with Gasteiger partial charge in [-0.05, 0) is 151 Å². The van der Waals surface area contributed by atoms with Crippen LogP contribution in [0, 0.1) is 11.8 Å². The van der Waals surface area contributed by atoms with Crippen LogP contribution in [0.4, 0.5) is 0 Å². The lowest BCUT2D eigenvalue weighted by molar-refractivity contribution is -0.0281. The maximum atomic E-state index is 3.99. The maximum Gasteiger partial charge on any atom is 0.0541 e. The largest absolute Gasteiger partial charge is 0.309 e. The van der Waals surface area contributed by atoms with Gasteiger partial charge in [0.25, 0.3) is 0 Å². The van der Waals surface area contributed by atoms with Crippen LogP contribution in [-0.2, 0) is 23.7 Å². The standard InChI is InChI=1S/C44H49N/c1-4-7-9-32-13-21-41-39(24-32)40-25-33(10-8-5-2)14-22-42(40)45(41)38-19-17-37(18-20-38)44-28-34-23-35(29-44)27-43(26-34,30-44)36-15-11-31(6-3)12-16-36/h6,11-22,24-25,34-35H,3-5,7-10,23,26-30H2,1-2H3. The number of aromatic nitrogens is 1. The first-order valence-electron chi connectivity index (χ1n) is 17.9. The molecule has 2 unspecified atom stereocenters. The third-order valence-electron chi connectivity index (χ3n) is 12.1. The normalized spacial score (nSPS) is 25.4. The van der Waals surface area contributed by atoms with E-state index in [-0.39, 0.29) is 0 Å². The molecule has 230 valence electrons. The second kappa shape index (κ2) is 11.3. The van der Waals surface area contributed by atoms with E-state index in [1.807, 2.05) is 6.08 Å². The summed E-state index contributed by atoms with van der Waals surface area (Å²) in [5.74, 6) is 1.71. The molecule has 1 nitrogen and oxygen atoms in total. The summed E-state index contributed by atoms with van der Waals surface area (Å²) in [5, 5.41) is 2.82. The monoisotopic (exact) mass is 591 g/mol. The fourth-order valence-electron chi connectivity index (χ4n) is 10.3. The SMILES string of the molecule is C=Cc1ccc(C23CC4CC(C2)CC(c2ccc(-n5c6ccc(CCCC)cc6c6cc(CCCC)ccc65)cc2)(C4)C3)cc1. The number of fused-ring (bicyclic) bond motifs is 3. The third-order valence-corrected chi connectivity index (χ3v) is 12.1. The minimum Gasteiger partial charge on any atom is -0.309 e. The van der Waals surface area contributed by atoms with Crippen molar-refractivity contribution in [2.75, 3.05) is 0 Å². The number of hydrogen-bond donors (Lipinski definition) is 0. The van der Waals surface area contributed by atoms with Crippen molar-refractivity contribution < 1.29 is 0 Å². The van der Waals surface area contributed by atoms with Crippen molar-refractivity contribution in [3.8, 4) is 5.69 Å². The van der Waals surface area contributed by atoms with Gasteiger partial charge in [-0.1, -0.05) is 87.9 Å². The Morgan fingerprint density at radius 2 is 1.16 bits per heavy atom. The highest BCUT2D eigenvalue weighted by Crippen LogP contribution is 2.66. The number of rotatable bonds is 10. The van der Waals surface area contributed by atoms with Gasteiger partial charge in [0.05, 0.1) is 11.0 Å². The van der Waals surface area contributed by atoms with Crippen molar-refractivity contribution >= 4 is 27.9 Å². The second-order valence-corrected chi connectivity index (χ2v) is 15.1. The lowest BCUT2D eigenvalue weighted by atomic mass is 9.42. The molecule has 5 aromatic rings. The average molecular weight is 592 g/mol. The van der Waals surface area contributed by atoms with Crippen molar-refractivity contribution in [2.24, 2.45) is 11.8 Å². The van der Waals surface area contributed by atoms with Gasteiger partial charge in [-0.2, -0.15) is 0 Å². The molecule has 1 heteroatoms.